The number of nitrogens with two attached hydrogens (primary N) is 1. The van der Waals surface area contributed by atoms with Crippen LogP contribution in [-0.4, -0.2) is 31.2 Å². The maximum Gasteiger partial charge on any atom is 0.252 e. The molecule has 1 rings (SSSR count). The molecule has 0 aliphatic carbocycles. The fourth-order valence-electron chi connectivity index (χ4n) is 1.41. The summed E-state index contributed by atoms with van der Waals surface area (Å²) < 4.78 is 5.22. The number of nitrogens with zero attached hydrogens (tertiary/aromatic N) is 1. The van der Waals surface area contributed by atoms with Gasteiger partial charge < -0.3 is 15.4 Å². The minimum atomic E-state index is -0.0939. The molecule has 2 N–H and O–H groups in total. The fourth-order valence-corrected chi connectivity index (χ4v) is 1.54. The molecule has 0 saturated heterocycles. The zero-order valence-corrected chi connectivity index (χ0v) is 11.5. The third-order valence-electron chi connectivity index (χ3n) is 2.47. The van der Waals surface area contributed by atoms with Gasteiger partial charge in [0.05, 0.1) is 0 Å². The van der Waals surface area contributed by atoms with E-state index >= 15 is 0 Å². The lowest BCUT2D eigenvalue weighted by Gasteiger charge is -2.18. The van der Waals surface area contributed by atoms with E-state index in [2.05, 4.69) is 0 Å². The summed E-state index contributed by atoms with van der Waals surface area (Å²) in [6.45, 7) is 2.67. The number of likely N-dealkylation sites (N-methyl/N-ethyl adjacent to an activating group) is 1. The second-order valence-corrected chi connectivity index (χ2v) is 4.36. The minimum absolute atomic E-state index is 0.0850. The smallest absolute Gasteiger partial charge is 0.252 e. The van der Waals surface area contributed by atoms with E-state index in [1.54, 1.807) is 13.1 Å². The van der Waals surface area contributed by atoms with Crippen LogP contribution in [0.5, 0.6) is 0 Å². The molecule has 1 amide bonds. The molecule has 0 atom stereocenters. The first-order valence-corrected chi connectivity index (χ1v) is 6.21. The standard InChI is InChI=1S/C13H18N2O2S/c1-3-7-17-9-12(16)15(2)11-6-4-5-10(8-11)13(14)18/h4-6,8H,3,7,9H2,1-2H3,(H2,14,18). The van der Waals surface area contributed by atoms with E-state index in [0.29, 0.717) is 11.6 Å². The van der Waals surface area contributed by atoms with Crippen LogP contribution in [0, 0.1) is 0 Å². The highest BCUT2D eigenvalue weighted by Gasteiger charge is 2.11. The Hall–Kier alpha value is -1.46. The average molecular weight is 266 g/mol. The van der Waals surface area contributed by atoms with Crippen molar-refractivity contribution in [3.05, 3.63) is 29.8 Å². The van der Waals surface area contributed by atoms with Gasteiger partial charge in [0.25, 0.3) is 5.91 Å². The number of anilines is 1. The first-order chi connectivity index (χ1) is 8.56. The van der Waals surface area contributed by atoms with Crippen molar-refractivity contribution < 1.29 is 9.53 Å². The van der Waals surface area contributed by atoms with Gasteiger partial charge in [-0.05, 0) is 18.6 Å². The van der Waals surface area contributed by atoms with Gasteiger partial charge in [-0.2, -0.15) is 0 Å². The highest BCUT2D eigenvalue weighted by atomic mass is 32.1. The van der Waals surface area contributed by atoms with Crippen LogP contribution in [-0.2, 0) is 9.53 Å². The molecule has 0 aliphatic heterocycles. The first kappa shape index (κ1) is 14.6. The monoisotopic (exact) mass is 266 g/mol. The topological polar surface area (TPSA) is 55.6 Å². The summed E-state index contributed by atoms with van der Waals surface area (Å²) in [5.74, 6) is -0.0939. The molecule has 0 fully saturated rings. The molecule has 98 valence electrons. The number of hydrogen-bond donors (Lipinski definition) is 1. The summed E-state index contributed by atoms with van der Waals surface area (Å²) >= 11 is 4.91. The molecular weight excluding hydrogens is 248 g/mol. The lowest BCUT2D eigenvalue weighted by atomic mass is 10.2. The Morgan fingerprint density at radius 1 is 1.50 bits per heavy atom. The van der Waals surface area contributed by atoms with Gasteiger partial charge in [-0.15, -0.1) is 0 Å². The van der Waals surface area contributed by atoms with Gasteiger partial charge in [0.2, 0.25) is 0 Å². The lowest BCUT2D eigenvalue weighted by Crippen LogP contribution is -2.30. The van der Waals surface area contributed by atoms with Crippen molar-refractivity contribution in [3.63, 3.8) is 0 Å². The number of carbonyl (C=O) groups excluding carboxylic acids is 1. The van der Waals surface area contributed by atoms with E-state index in [1.165, 1.54) is 4.90 Å². The number of hydrogen-bond acceptors (Lipinski definition) is 3. The van der Waals surface area contributed by atoms with Crippen LogP contribution in [0.4, 0.5) is 5.69 Å². The Balaban J connectivity index is 2.71. The molecule has 1 aromatic carbocycles. The average Bonchev–Trinajstić information content (AvgIpc) is 2.38. The third-order valence-corrected chi connectivity index (χ3v) is 2.70. The van der Waals surface area contributed by atoms with Gasteiger partial charge in [-0.3, -0.25) is 4.79 Å². The van der Waals surface area contributed by atoms with E-state index in [-0.39, 0.29) is 12.5 Å². The lowest BCUT2D eigenvalue weighted by molar-refractivity contribution is -0.122. The van der Waals surface area contributed by atoms with Gasteiger partial charge >= 0.3 is 0 Å². The summed E-state index contributed by atoms with van der Waals surface area (Å²) in [4.78, 5) is 13.7. The van der Waals surface area contributed by atoms with Gasteiger partial charge in [-0.1, -0.05) is 31.3 Å². The van der Waals surface area contributed by atoms with Crippen LogP contribution in [0.15, 0.2) is 24.3 Å². The number of ether oxygens (including phenoxy) is 1. The predicted molar refractivity (Wildman–Crippen MR) is 76.8 cm³/mol. The normalized spacial score (nSPS) is 10.1. The molecule has 5 heteroatoms. The van der Waals surface area contributed by atoms with Gasteiger partial charge in [-0.25, -0.2) is 0 Å². The summed E-state index contributed by atoms with van der Waals surface area (Å²) in [7, 11) is 1.70. The maximum absolute atomic E-state index is 11.8. The van der Waals surface area contributed by atoms with Crippen LogP contribution in [0.1, 0.15) is 18.9 Å². The van der Waals surface area contributed by atoms with Crippen molar-refractivity contribution in [1.29, 1.82) is 0 Å². The quantitative estimate of drug-likeness (QED) is 0.629. The number of benzene rings is 1. The molecule has 0 unspecified atom stereocenters. The predicted octanol–water partition coefficient (Wildman–Crippen LogP) is 1.71. The van der Waals surface area contributed by atoms with E-state index in [9.17, 15) is 4.79 Å². The molecule has 0 radical (unpaired) electrons. The van der Waals surface area contributed by atoms with Gasteiger partial charge in [0, 0.05) is 24.9 Å². The number of carbonyl (C=O) groups is 1. The molecule has 0 aromatic heterocycles. The molecular formula is C13H18N2O2S. The number of amides is 1. The largest absolute Gasteiger partial charge is 0.389 e. The van der Waals surface area contributed by atoms with E-state index < -0.39 is 0 Å². The molecule has 0 heterocycles. The van der Waals surface area contributed by atoms with E-state index in [0.717, 1.165) is 17.7 Å². The van der Waals surface area contributed by atoms with Crippen molar-refractivity contribution >= 4 is 28.8 Å². The zero-order valence-electron chi connectivity index (χ0n) is 10.7. The van der Waals surface area contributed by atoms with Gasteiger partial charge in [0.15, 0.2) is 0 Å². The Morgan fingerprint density at radius 2 is 2.22 bits per heavy atom. The molecule has 0 bridgehead atoms. The summed E-state index contributed by atoms with van der Waals surface area (Å²) in [6, 6.07) is 7.26. The molecule has 0 aliphatic rings. The Bertz CT molecular complexity index is 435. The Labute approximate surface area is 113 Å². The fraction of sp³-hybridized carbons (Fsp3) is 0.385. The molecule has 18 heavy (non-hydrogen) atoms. The van der Waals surface area contributed by atoms with Crippen LogP contribution in [0.2, 0.25) is 0 Å². The summed E-state index contributed by atoms with van der Waals surface area (Å²) in [5.41, 5.74) is 7.06. The van der Waals surface area contributed by atoms with Crippen LogP contribution >= 0.6 is 12.2 Å². The van der Waals surface area contributed by atoms with Crippen LogP contribution < -0.4 is 10.6 Å². The SMILES string of the molecule is CCCOCC(=O)N(C)c1cccc(C(N)=S)c1. The minimum Gasteiger partial charge on any atom is -0.389 e. The zero-order chi connectivity index (χ0) is 13.5. The number of rotatable bonds is 6. The summed E-state index contributed by atoms with van der Waals surface area (Å²) in [5, 5.41) is 0. The Kier molecular flexibility index (Phi) is 5.74. The van der Waals surface area contributed by atoms with Crippen LogP contribution in [0.3, 0.4) is 0 Å². The molecule has 0 saturated carbocycles. The highest BCUT2D eigenvalue weighted by molar-refractivity contribution is 7.80. The Morgan fingerprint density at radius 3 is 2.83 bits per heavy atom. The van der Waals surface area contributed by atoms with E-state index in [1.807, 2.05) is 25.1 Å². The van der Waals surface area contributed by atoms with Gasteiger partial charge in [0.1, 0.15) is 11.6 Å². The second kappa shape index (κ2) is 7.08. The first-order valence-electron chi connectivity index (χ1n) is 5.80. The van der Waals surface area contributed by atoms with Crippen molar-refractivity contribution in [2.75, 3.05) is 25.2 Å². The van der Waals surface area contributed by atoms with E-state index in [4.69, 9.17) is 22.7 Å². The number of thiocarbonyl (C=S) groups is 1. The maximum atomic E-state index is 11.8. The molecule has 4 nitrogen and oxygen atoms in total. The third kappa shape index (κ3) is 4.09. The summed E-state index contributed by atoms with van der Waals surface area (Å²) in [6.07, 6.45) is 0.897. The van der Waals surface area contributed by atoms with Crippen LogP contribution in [0.25, 0.3) is 0 Å². The van der Waals surface area contributed by atoms with Crippen molar-refractivity contribution in [2.24, 2.45) is 5.73 Å². The second-order valence-electron chi connectivity index (χ2n) is 3.92. The highest BCUT2D eigenvalue weighted by Crippen LogP contribution is 2.15. The molecule has 1 aromatic rings. The van der Waals surface area contributed by atoms with Crippen molar-refractivity contribution in [3.8, 4) is 0 Å². The van der Waals surface area contributed by atoms with Crippen molar-refractivity contribution in [1.82, 2.24) is 0 Å². The molecule has 0 spiro atoms. The van der Waals surface area contributed by atoms with Crippen molar-refractivity contribution in [2.45, 2.75) is 13.3 Å².